The number of rotatable bonds is 4. The first-order valence-corrected chi connectivity index (χ1v) is 9.48. The molecule has 8 nitrogen and oxygen atoms in total. The van der Waals surface area contributed by atoms with Crippen LogP contribution in [0.1, 0.15) is 45.5 Å². The second-order valence-corrected chi connectivity index (χ2v) is 7.34. The number of carboxylic acids is 1. The number of aryl methyl sites for hydroxylation is 1. The minimum absolute atomic E-state index is 0.0917. The minimum Gasteiger partial charge on any atom is -0.478 e. The Kier molecular flexibility index (Phi) is 4.53. The maximum atomic E-state index is 12.7. The monoisotopic (exact) mass is 386 g/mol. The molecular weight excluding hydrogens is 368 g/mol. The standard InChI is InChI=1S/C18H18N4O4S/c1-11-2-3-15(26-11)16-20-14(10-27-16)17(23)21-6-4-13(5-7-21)22-9-12(8-19-22)18(24)25/h2-3,8-10,13H,4-7H2,1H3,(H,24,25). The van der Waals surface area contributed by atoms with Crippen LogP contribution < -0.4 is 0 Å². The van der Waals surface area contributed by atoms with E-state index >= 15 is 0 Å². The van der Waals surface area contributed by atoms with E-state index in [1.807, 2.05) is 19.1 Å². The highest BCUT2D eigenvalue weighted by Crippen LogP contribution is 2.27. The second-order valence-electron chi connectivity index (χ2n) is 6.49. The van der Waals surface area contributed by atoms with Gasteiger partial charge in [-0.3, -0.25) is 9.48 Å². The van der Waals surface area contributed by atoms with Crippen LogP contribution in [0.25, 0.3) is 10.8 Å². The lowest BCUT2D eigenvalue weighted by Gasteiger charge is -2.31. The van der Waals surface area contributed by atoms with E-state index < -0.39 is 5.97 Å². The van der Waals surface area contributed by atoms with E-state index in [0.717, 1.165) is 18.6 Å². The first-order valence-electron chi connectivity index (χ1n) is 8.60. The van der Waals surface area contributed by atoms with Crippen LogP contribution in [0.15, 0.2) is 34.3 Å². The van der Waals surface area contributed by atoms with Crippen LogP contribution in [-0.4, -0.2) is 49.7 Å². The van der Waals surface area contributed by atoms with Crippen LogP contribution in [0.3, 0.4) is 0 Å². The first-order chi connectivity index (χ1) is 13.0. The van der Waals surface area contributed by atoms with Crippen molar-refractivity contribution in [1.29, 1.82) is 0 Å². The first kappa shape index (κ1) is 17.5. The summed E-state index contributed by atoms with van der Waals surface area (Å²) in [5.74, 6) is 0.397. The molecule has 1 aliphatic rings. The number of amides is 1. The molecule has 1 aliphatic heterocycles. The van der Waals surface area contributed by atoms with Crippen LogP contribution in [0.2, 0.25) is 0 Å². The maximum Gasteiger partial charge on any atom is 0.338 e. The predicted octanol–water partition coefficient (Wildman–Crippen LogP) is 3.08. The van der Waals surface area contributed by atoms with E-state index in [-0.39, 0.29) is 17.5 Å². The molecule has 4 heterocycles. The number of hydrogen-bond donors (Lipinski definition) is 1. The summed E-state index contributed by atoms with van der Waals surface area (Å²) in [6, 6.07) is 3.82. The van der Waals surface area contributed by atoms with Gasteiger partial charge >= 0.3 is 5.97 Å². The fraction of sp³-hybridized carbons (Fsp3) is 0.333. The maximum absolute atomic E-state index is 12.7. The van der Waals surface area contributed by atoms with Gasteiger partial charge in [-0.15, -0.1) is 11.3 Å². The number of carbonyl (C=O) groups excluding carboxylic acids is 1. The van der Waals surface area contributed by atoms with Crippen molar-refractivity contribution in [2.45, 2.75) is 25.8 Å². The molecule has 0 unspecified atom stereocenters. The van der Waals surface area contributed by atoms with Crippen molar-refractivity contribution in [3.63, 3.8) is 0 Å². The van der Waals surface area contributed by atoms with Gasteiger partial charge in [0.05, 0.1) is 17.8 Å². The third-order valence-electron chi connectivity index (χ3n) is 4.65. The number of nitrogens with zero attached hydrogens (tertiary/aromatic N) is 4. The topological polar surface area (TPSA) is 101 Å². The van der Waals surface area contributed by atoms with Gasteiger partial charge < -0.3 is 14.4 Å². The van der Waals surface area contributed by atoms with Gasteiger partial charge in [0.25, 0.3) is 5.91 Å². The Hall–Kier alpha value is -2.94. The molecule has 0 aliphatic carbocycles. The number of likely N-dealkylation sites (tertiary alicyclic amines) is 1. The summed E-state index contributed by atoms with van der Waals surface area (Å²) >= 11 is 1.39. The molecule has 1 saturated heterocycles. The molecule has 3 aromatic heterocycles. The summed E-state index contributed by atoms with van der Waals surface area (Å²) in [6.07, 6.45) is 4.34. The molecule has 0 saturated carbocycles. The van der Waals surface area contributed by atoms with Crippen LogP contribution in [0.4, 0.5) is 0 Å². The van der Waals surface area contributed by atoms with Gasteiger partial charge in [-0.25, -0.2) is 9.78 Å². The molecule has 0 radical (unpaired) electrons. The summed E-state index contributed by atoms with van der Waals surface area (Å²) < 4.78 is 7.25. The van der Waals surface area contributed by atoms with Gasteiger partial charge in [-0.2, -0.15) is 5.10 Å². The predicted molar refractivity (Wildman–Crippen MR) is 97.9 cm³/mol. The third kappa shape index (κ3) is 3.50. The molecule has 27 heavy (non-hydrogen) atoms. The molecule has 3 aromatic rings. The van der Waals surface area contributed by atoms with Crippen molar-refractivity contribution in [2.24, 2.45) is 0 Å². The van der Waals surface area contributed by atoms with Crippen molar-refractivity contribution in [1.82, 2.24) is 19.7 Å². The molecule has 1 amide bonds. The molecule has 0 atom stereocenters. The van der Waals surface area contributed by atoms with Gasteiger partial charge in [-0.05, 0) is 31.9 Å². The van der Waals surface area contributed by atoms with E-state index in [2.05, 4.69) is 10.1 Å². The van der Waals surface area contributed by atoms with E-state index in [9.17, 15) is 9.59 Å². The zero-order valence-electron chi connectivity index (χ0n) is 14.7. The van der Waals surface area contributed by atoms with Crippen molar-refractivity contribution < 1.29 is 19.1 Å². The van der Waals surface area contributed by atoms with Gasteiger partial charge in [0.2, 0.25) is 0 Å². The highest BCUT2D eigenvalue weighted by Gasteiger charge is 2.27. The lowest BCUT2D eigenvalue weighted by molar-refractivity contribution is 0.0684. The molecule has 0 spiro atoms. The summed E-state index contributed by atoms with van der Waals surface area (Å²) in [5.41, 5.74) is 0.603. The lowest BCUT2D eigenvalue weighted by atomic mass is 10.1. The molecule has 140 valence electrons. The molecule has 1 fully saturated rings. The van der Waals surface area contributed by atoms with Crippen LogP contribution in [-0.2, 0) is 0 Å². The van der Waals surface area contributed by atoms with Crippen molar-refractivity contribution >= 4 is 23.2 Å². The minimum atomic E-state index is -0.986. The average Bonchev–Trinajstić information content (AvgIpc) is 3.41. The van der Waals surface area contributed by atoms with E-state index in [0.29, 0.717) is 29.6 Å². The Morgan fingerprint density at radius 2 is 2.07 bits per heavy atom. The number of carbonyl (C=O) groups is 2. The number of thiazole rings is 1. The van der Waals surface area contributed by atoms with E-state index in [1.54, 1.807) is 21.2 Å². The largest absolute Gasteiger partial charge is 0.478 e. The van der Waals surface area contributed by atoms with Crippen LogP contribution in [0, 0.1) is 6.92 Å². The molecule has 0 aromatic carbocycles. The highest BCUT2D eigenvalue weighted by molar-refractivity contribution is 7.13. The Balaban J connectivity index is 1.40. The van der Waals surface area contributed by atoms with E-state index in [1.165, 1.54) is 17.5 Å². The third-order valence-corrected chi connectivity index (χ3v) is 5.51. The number of furan rings is 1. The van der Waals surface area contributed by atoms with Crippen molar-refractivity contribution in [3.8, 4) is 10.8 Å². The SMILES string of the molecule is Cc1ccc(-c2nc(C(=O)N3CCC(n4cc(C(=O)O)cn4)CC3)cs2)o1. The van der Waals surface area contributed by atoms with Gasteiger partial charge in [0.1, 0.15) is 11.5 Å². The summed E-state index contributed by atoms with van der Waals surface area (Å²) in [5, 5.41) is 15.6. The van der Waals surface area contributed by atoms with Crippen molar-refractivity contribution in [2.75, 3.05) is 13.1 Å². The number of hydrogen-bond acceptors (Lipinski definition) is 6. The Labute approximate surface area is 159 Å². The Morgan fingerprint density at radius 3 is 2.70 bits per heavy atom. The normalized spacial score (nSPS) is 15.2. The molecule has 9 heteroatoms. The van der Waals surface area contributed by atoms with Crippen molar-refractivity contribution in [3.05, 3.63) is 46.9 Å². The Morgan fingerprint density at radius 1 is 1.30 bits per heavy atom. The quantitative estimate of drug-likeness (QED) is 0.739. The van der Waals surface area contributed by atoms with Gasteiger partial charge in [-0.1, -0.05) is 0 Å². The average molecular weight is 386 g/mol. The fourth-order valence-electron chi connectivity index (χ4n) is 3.18. The number of aromatic nitrogens is 3. The molecule has 1 N–H and O–H groups in total. The fourth-order valence-corrected chi connectivity index (χ4v) is 3.93. The number of carboxylic acid groups (broad SMARTS) is 1. The van der Waals surface area contributed by atoms with Gasteiger partial charge in [0, 0.05) is 24.7 Å². The Bertz CT molecular complexity index is 981. The lowest BCUT2D eigenvalue weighted by Crippen LogP contribution is -2.39. The molecular formula is C18H18N4O4S. The highest BCUT2D eigenvalue weighted by atomic mass is 32.1. The molecule has 4 rings (SSSR count). The zero-order chi connectivity index (χ0) is 19.0. The van der Waals surface area contributed by atoms with Crippen LogP contribution in [0.5, 0.6) is 0 Å². The van der Waals surface area contributed by atoms with Crippen LogP contribution >= 0.6 is 11.3 Å². The summed E-state index contributed by atoms with van der Waals surface area (Å²) in [7, 11) is 0. The summed E-state index contributed by atoms with van der Waals surface area (Å²) in [4.78, 5) is 29.9. The molecule has 0 bridgehead atoms. The second kappa shape index (κ2) is 6.99. The number of aromatic carboxylic acids is 1. The smallest absolute Gasteiger partial charge is 0.338 e. The summed E-state index contributed by atoms with van der Waals surface area (Å²) in [6.45, 7) is 3.03. The number of piperidine rings is 1. The van der Waals surface area contributed by atoms with Gasteiger partial charge in [0.15, 0.2) is 10.8 Å². The zero-order valence-corrected chi connectivity index (χ0v) is 15.5. The van der Waals surface area contributed by atoms with E-state index in [4.69, 9.17) is 9.52 Å².